The molecule has 0 radical (unpaired) electrons. The summed E-state index contributed by atoms with van der Waals surface area (Å²) in [6.45, 7) is 2.78. The Hall–Kier alpha value is -2.24. The van der Waals surface area contributed by atoms with Crippen molar-refractivity contribution in [2.24, 2.45) is 0 Å². The highest BCUT2D eigenvalue weighted by atomic mass is 16.5. The van der Waals surface area contributed by atoms with Crippen LogP contribution < -0.4 is 15.8 Å². The number of nitrogen functional groups attached to an aromatic ring is 1. The Balaban J connectivity index is 3.01. The Kier molecular flexibility index (Phi) is 3.80. The van der Waals surface area contributed by atoms with E-state index >= 15 is 0 Å². The first kappa shape index (κ1) is 13.8. The van der Waals surface area contributed by atoms with Crippen LogP contribution in [-0.4, -0.2) is 29.6 Å². The predicted molar refractivity (Wildman–Crippen MR) is 66.6 cm³/mol. The molecule has 1 aromatic rings. The maximum absolute atomic E-state index is 11.9. The summed E-state index contributed by atoms with van der Waals surface area (Å²) in [5.41, 5.74) is 4.75. The van der Waals surface area contributed by atoms with Crippen LogP contribution in [0.5, 0.6) is 5.75 Å². The number of carboxylic acids is 1. The molecule has 0 spiro atoms. The lowest BCUT2D eigenvalue weighted by molar-refractivity contribution is -0.143. The molecule has 0 bridgehead atoms. The number of benzene rings is 1. The summed E-state index contributed by atoms with van der Waals surface area (Å²) < 4.78 is 4.99. The molecule has 0 saturated heterocycles. The second-order valence-corrected chi connectivity index (χ2v) is 4.34. The molecular formula is C12H16N2O4. The number of nitrogens with two attached hydrogens (primary N) is 1. The van der Waals surface area contributed by atoms with E-state index in [1.807, 2.05) is 0 Å². The predicted octanol–water partition coefficient (Wildman–Crippen LogP) is 0.870. The van der Waals surface area contributed by atoms with E-state index in [0.29, 0.717) is 5.75 Å². The Bertz CT molecular complexity index is 483. The Morgan fingerprint density at radius 3 is 2.50 bits per heavy atom. The molecule has 1 rings (SSSR count). The smallest absolute Gasteiger partial charge is 0.328 e. The second-order valence-electron chi connectivity index (χ2n) is 4.34. The minimum atomic E-state index is -1.37. The molecule has 0 saturated carbocycles. The van der Waals surface area contributed by atoms with E-state index in [0.717, 1.165) is 0 Å². The largest absolute Gasteiger partial charge is 0.497 e. The summed E-state index contributed by atoms with van der Waals surface area (Å²) in [6.07, 6.45) is 0. The molecule has 0 aromatic heterocycles. The summed E-state index contributed by atoms with van der Waals surface area (Å²) in [7, 11) is 1.47. The number of carboxylic acid groups (broad SMARTS) is 1. The molecular weight excluding hydrogens is 236 g/mol. The molecule has 18 heavy (non-hydrogen) atoms. The van der Waals surface area contributed by atoms with Crippen molar-refractivity contribution < 1.29 is 19.4 Å². The normalized spacial score (nSPS) is 10.8. The quantitative estimate of drug-likeness (QED) is 0.690. The number of nitrogens with one attached hydrogen (secondary N) is 1. The van der Waals surface area contributed by atoms with Crippen LogP contribution >= 0.6 is 0 Å². The van der Waals surface area contributed by atoms with E-state index < -0.39 is 17.4 Å². The van der Waals surface area contributed by atoms with Gasteiger partial charge in [-0.1, -0.05) is 0 Å². The molecule has 6 heteroatoms. The zero-order chi connectivity index (χ0) is 13.9. The fourth-order valence-electron chi connectivity index (χ4n) is 1.26. The van der Waals surface area contributed by atoms with Crippen molar-refractivity contribution in [1.29, 1.82) is 0 Å². The average Bonchev–Trinajstić information content (AvgIpc) is 2.28. The number of hydrogen-bond donors (Lipinski definition) is 3. The standard InChI is InChI=1S/C12H16N2O4/c1-12(2,11(16)17)14-10(15)8-6-7(18-3)4-5-9(8)13/h4-6H,13H2,1-3H3,(H,14,15)(H,16,17). The van der Waals surface area contributed by atoms with Gasteiger partial charge in [-0.25, -0.2) is 4.79 Å². The zero-order valence-electron chi connectivity index (χ0n) is 10.5. The van der Waals surface area contributed by atoms with Gasteiger partial charge in [0, 0.05) is 5.69 Å². The van der Waals surface area contributed by atoms with E-state index in [4.69, 9.17) is 15.6 Å². The van der Waals surface area contributed by atoms with Crippen LogP contribution in [0, 0.1) is 0 Å². The Morgan fingerprint density at radius 1 is 1.39 bits per heavy atom. The molecule has 0 aliphatic rings. The van der Waals surface area contributed by atoms with Gasteiger partial charge in [0.1, 0.15) is 11.3 Å². The first-order valence-corrected chi connectivity index (χ1v) is 5.27. The number of ether oxygens (including phenoxy) is 1. The lowest BCUT2D eigenvalue weighted by atomic mass is 10.0. The number of aliphatic carboxylic acids is 1. The van der Waals surface area contributed by atoms with Crippen molar-refractivity contribution in [2.45, 2.75) is 19.4 Å². The average molecular weight is 252 g/mol. The van der Waals surface area contributed by atoms with Gasteiger partial charge in [0.25, 0.3) is 5.91 Å². The van der Waals surface area contributed by atoms with E-state index in [9.17, 15) is 9.59 Å². The van der Waals surface area contributed by atoms with Crippen LogP contribution in [0.15, 0.2) is 18.2 Å². The van der Waals surface area contributed by atoms with Gasteiger partial charge in [-0.15, -0.1) is 0 Å². The van der Waals surface area contributed by atoms with Gasteiger partial charge in [0.15, 0.2) is 0 Å². The maximum Gasteiger partial charge on any atom is 0.328 e. The molecule has 1 amide bonds. The monoisotopic (exact) mass is 252 g/mol. The van der Waals surface area contributed by atoms with Crippen molar-refractivity contribution in [3.8, 4) is 5.75 Å². The summed E-state index contributed by atoms with van der Waals surface area (Å²) in [6, 6.07) is 4.61. The molecule has 4 N–H and O–H groups in total. The number of amides is 1. The number of methoxy groups -OCH3 is 1. The van der Waals surface area contributed by atoms with E-state index in [1.54, 1.807) is 6.07 Å². The topological polar surface area (TPSA) is 102 Å². The number of carbonyl (C=O) groups excluding carboxylic acids is 1. The number of carbonyl (C=O) groups is 2. The van der Waals surface area contributed by atoms with Gasteiger partial charge in [0.05, 0.1) is 12.7 Å². The van der Waals surface area contributed by atoms with Crippen LogP contribution in [0.3, 0.4) is 0 Å². The third-order valence-corrected chi connectivity index (χ3v) is 2.47. The Labute approximate surface area is 105 Å². The fraction of sp³-hybridized carbons (Fsp3) is 0.333. The summed E-state index contributed by atoms with van der Waals surface area (Å²) in [5.74, 6) is -1.21. The van der Waals surface area contributed by atoms with Crippen LogP contribution in [0.2, 0.25) is 0 Å². The van der Waals surface area contributed by atoms with Crippen LogP contribution in [0.4, 0.5) is 5.69 Å². The number of rotatable bonds is 4. The third-order valence-electron chi connectivity index (χ3n) is 2.47. The molecule has 6 nitrogen and oxygen atoms in total. The second kappa shape index (κ2) is 4.95. The summed E-state index contributed by atoms with van der Waals surface area (Å²) in [4.78, 5) is 22.9. The molecule has 0 aliphatic carbocycles. The van der Waals surface area contributed by atoms with Crippen LogP contribution in [0.1, 0.15) is 24.2 Å². The van der Waals surface area contributed by atoms with Crippen molar-refractivity contribution in [3.63, 3.8) is 0 Å². The van der Waals surface area contributed by atoms with Crippen LogP contribution in [-0.2, 0) is 4.79 Å². The molecule has 0 unspecified atom stereocenters. The van der Waals surface area contributed by atoms with E-state index in [-0.39, 0.29) is 11.3 Å². The first-order chi connectivity index (χ1) is 8.27. The van der Waals surface area contributed by atoms with E-state index in [2.05, 4.69) is 5.32 Å². The minimum absolute atomic E-state index is 0.184. The van der Waals surface area contributed by atoms with Gasteiger partial charge in [-0.05, 0) is 32.0 Å². The molecule has 98 valence electrons. The highest BCUT2D eigenvalue weighted by Gasteiger charge is 2.29. The minimum Gasteiger partial charge on any atom is -0.497 e. The summed E-state index contributed by atoms with van der Waals surface area (Å²) >= 11 is 0. The molecule has 0 aliphatic heterocycles. The van der Waals surface area contributed by atoms with Crippen molar-refractivity contribution in [2.75, 3.05) is 12.8 Å². The zero-order valence-corrected chi connectivity index (χ0v) is 10.5. The molecule has 1 aromatic carbocycles. The van der Waals surface area contributed by atoms with Gasteiger partial charge >= 0.3 is 5.97 Å². The molecule has 0 atom stereocenters. The van der Waals surface area contributed by atoms with Gasteiger partial charge in [-0.2, -0.15) is 0 Å². The van der Waals surface area contributed by atoms with Gasteiger partial charge in [-0.3, -0.25) is 4.79 Å². The number of anilines is 1. The fourth-order valence-corrected chi connectivity index (χ4v) is 1.26. The van der Waals surface area contributed by atoms with Crippen LogP contribution in [0.25, 0.3) is 0 Å². The maximum atomic E-state index is 11.9. The highest BCUT2D eigenvalue weighted by molar-refractivity contribution is 6.01. The van der Waals surface area contributed by atoms with E-state index in [1.165, 1.54) is 33.1 Å². The SMILES string of the molecule is COc1ccc(N)c(C(=O)NC(C)(C)C(=O)O)c1. The highest BCUT2D eigenvalue weighted by Crippen LogP contribution is 2.20. The summed E-state index contributed by atoms with van der Waals surface area (Å²) in [5, 5.41) is 11.3. The number of hydrogen-bond acceptors (Lipinski definition) is 4. The van der Waals surface area contributed by atoms with Gasteiger partial charge < -0.3 is 20.9 Å². The first-order valence-electron chi connectivity index (χ1n) is 5.27. The lowest BCUT2D eigenvalue weighted by Crippen LogP contribution is -2.49. The molecule has 0 heterocycles. The van der Waals surface area contributed by atoms with Crippen molar-refractivity contribution in [3.05, 3.63) is 23.8 Å². The van der Waals surface area contributed by atoms with Crippen molar-refractivity contribution in [1.82, 2.24) is 5.32 Å². The third kappa shape index (κ3) is 2.91. The molecule has 0 fully saturated rings. The van der Waals surface area contributed by atoms with Crippen molar-refractivity contribution >= 4 is 17.6 Å². The van der Waals surface area contributed by atoms with Gasteiger partial charge in [0.2, 0.25) is 0 Å². The lowest BCUT2D eigenvalue weighted by Gasteiger charge is -2.21. The Morgan fingerprint density at radius 2 is 2.00 bits per heavy atom.